The Balaban J connectivity index is 2.23. The molecule has 0 aliphatic rings. The number of benzene rings is 3. The molecule has 31 heavy (non-hydrogen) atoms. The minimum atomic E-state index is -0.177. The Kier molecular flexibility index (Phi) is 7.10. The first kappa shape index (κ1) is 22.9. The summed E-state index contributed by atoms with van der Waals surface area (Å²) < 4.78 is 11.1. The van der Waals surface area contributed by atoms with Crippen LogP contribution in [0.15, 0.2) is 54.6 Å². The lowest BCUT2D eigenvalue weighted by Crippen LogP contribution is -2.28. The normalized spacial score (nSPS) is 11.5. The van der Waals surface area contributed by atoms with Crippen molar-refractivity contribution < 1.29 is 9.47 Å². The van der Waals surface area contributed by atoms with Crippen molar-refractivity contribution in [3.63, 3.8) is 0 Å². The standard InChI is InChI=1S/C29H36O2/c1-8-22-11-10-12-23(9-2)26(22)19-29(5,24-13-15-27(30-6)20(3)17-24)25-14-16-28(31-7)21(4)18-25/h10-18H,8-9,19H2,1-7H3. The van der Waals surface area contributed by atoms with Crippen LogP contribution in [0.25, 0.3) is 0 Å². The second-order valence-electron chi connectivity index (χ2n) is 8.64. The van der Waals surface area contributed by atoms with Crippen molar-refractivity contribution in [3.05, 3.63) is 93.5 Å². The summed E-state index contributed by atoms with van der Waals surface area (Å²) in [5.74, 6) is 1.86. The van der Waals surface area contributed by atoms with Gasteiger partial charge in [-0.15, -0.1) is 0 Å². The zero-order chi connectivity index (χ0) is 22.6. The fraction of sp³-hybridized carbons (Fsp3) is 0.379. The summed E-state index contributed by atoms with van der Waals surface area (Å²) in [4.78, 5) is 0. The van der Waals surface area contributed by atoms with E-state index in [1.165, 1.54) is 27.8 Å². The van der Waals surface area contributed by atoms with Gasteiger partial charge in [0.25, 0.3) is 0 Å². The third kappa shape index (κ3) is 4.49. The van der Waals surface area contributed by atoms with E-state index < -0.39 is 0 Å². The summed E-state index contributed by atoms with van der Waals surface area (Å²) in [6, 6.07) is 20.0. The van der Waals surface area contributed by atoms with E-state index in [9.17, 15) is 0 Å². The molecule has 0 saturated carbocycles. The predicted molar refractivity (Wildman–Crippen MR) is 131 cm³/mol. The molecule has 0 aliphatic carbocycles. The Morgan fingerprint density at radius 3 is 1.52 bits per heavy atom. The zero-order valence-corrected chi connectivity index (χ0v) is 20.1. The fourth-order valence-corrected chi connectivity index (χ4v) is 4.75. The van der Waals surface area contributed by atoms with Gasteiger partial charge in [-0.3, -0.25) is 0 Å². The summed E-state index contributed by atoms with van der Waals surface area (Å²) in [6.07, 6.45) is 3.04. The highest BCUT2D eigenvalue weighted by Crippen LogP contribution is 2.40. The molecule has 3 aromatic rings. The lowest BCUT2D eigenvalue weighted by Gasteiger charge is -2.34. The van der Waals surface area contributed by atoms with Crippen molar-refractivity contribution >= 4 is 0 Å². The third-order valence-corrected chi connectivity index (χ3v) is 6.73. The van der Waals surface area contributed by atoms with Gasteiger partial charge in [-0.25, -0.2) is 0 Å². The van der Waals surface area contributed by atoms with Crippen molar-refractivity contribution in [3.8, 4) is 11.5 Å². The molecule has 0 unspecified atom stereocenters. The number of hydrogen-bond donors (Lipinski definition) is 0. The molecule has 0 radical (unpaired) electrons. The fourth-order valence-electron chi connectivity index (χ4n) is 4.75. The maximum absolute atomic E-state index is 5.54. The monoisotopic (exact) mass is 416 g/mol. The van der Waals surface area contributed by atoms with Crippen molar-refractivity contribution in [2.75, 3.05) is 14.2 Å². The van der Waals surface area contributed by atoms with E-state index in [0.717, 1.165) is 41.9 Å². The minimum Gasteiger partial charge on any atom is -0.496 e. The second kappa shape index (κ2) is 9.60. The van der Waals surface area contributed by atoms with Gasteiger partial charge < -0.3 is 9.47 Å². The molecular weight excluding hydrogens is 380 g/mol. The van der Waals surface area contributed by atoms with E-state index in [0.29, 0.717) is 0 Å². The highest BCUT2D eigenvalue weighted by Gasteiger charge is 2.32. The van der Waals surface area contributed by atoms with Gasteiger partial charge in [0, 0.05) is 5.41 Å². The van der Waals surface area contributed by atoms with Gasteiger partial charge >= 0.3 is 0 Å². The van der Waals surface area contributed by atoms with Gasteiger partial charge in [0.1, 0.15) is 11.5 Å². The molecule has 0 atom stereocenters. The van der Waals surface area contributed by atoms with E-state index in [2.05, 4.69) is 89.2 Å². The Morgan fingerprint density at radius 1 is 0.710 bits per heavy atom. The van der Waals surface area contributed by atoms with Gasteiger partial charge in [0.15, 0.2) is 0 Å². The van der Waals surface area contributed by atoms with Gasteiger partial charge in [0.05, 0.1) is 14.2 Å². The molecule has 0 saturated heterocycles. The third-order valence-electron chi connectivity index (χ3n) is 6.73. The number of aryl methyl sites for hydroxylation is 4. The lowest BCUT2D eigenvalue weighted by molar-refractivity contribution is 0.410. The van der Waals surface area contributed by atoms with Gasteiger partial charge in [-0.05, 0) is 84.2 Å². The largest absolute Gasteiger partial charge is 0.496 e. The van der Waals surface area contributed by atoms with Gasteiger partial charge in [-0.1, -0.05) is 63.2 Å². The van der Waals surface area contributed by atoms with Crippen LogP contribution in [0.1, 0.15) is 59.7 Å². The van der Waals surface area contributed by atoms with Crippen LogP contribution in [0.2, 0.25) is 0 Å². The van der Waals surface area contributed by atoms with E-state index in [-0.39, 0.29) is 5.41 Å². The summed E-state index contributed by atoms with van der Waals surface area (Å²) in [5, 5.41) is 0. The van der Waals surface area contributed by atoms with Crippen LogP contribution < -0.4 is 9.47 Å². The van der Waals surface area contributed by atoms with Gasteiger partial charge in [-0.2, -0.15) is 0 Å². The van der Waals surface area contributed by atoms with E-state index in [1.54, 1.807) is 14.2 Å². The highest BCUT2D eigenvalue weighted by molar-refractivity contribution is 5.50. The van der Waals surface area contributed by atoms with Crippen molar-refractivity contribution in [2.45, 2.75) is 59.3 Å². The maximum atomic E-state index is 5.54. The number of methoxy groups -OCH3 is 2. The first-order valence-electron chi connectivity index (χ1n) is 11.3. The molecule has 164 valence electrons. The summed E-state index contributed by atoms with van der Waals surface area (Å²) in [6.45, 7) is 11.1. The maximum Gasteiger partial charge on any atom is 0.121 e. The van der Waals surface area contributed by atoms with Crippen LogP contribution in [-0.2, 0) is 24.7 Å². The minimum absolute atomic E-state index is 0.177. The van der Waals surface area contributed by atoms with E-state index in [1.807, 2.05) is 0 Å². The molecular formula is C29H36O2. The molecule has 0 bridgehead atoms. The van der Waals surface area contributed by atoms with Crippen molar-refractivity contribution in [1.29, 1.82) is 0 Å². The second-order valence-corrected chi connectivity index (χ2v) is 8.64. The van der Waals surface area contributed by atoms with Crippen LogP contribution in [0.3, 0.4) is 0 Å². The van der Waals surface area contributed by atoms with Gasteiger partial charge in [0.2, 0.25) is 0 Å². The van der Waals surface area contributed by atoms with E-state index in [4.69, 9.17) is 9.47 Å². The topological polar surface area (TPSA) is 18.5 Å². The first-order chi connectivity index (χ1) is 14.9. The van der Waals surface area contributed by atoms with Crippen LogP contribution in [0.4, 0.5) is 0 Å². The van der Waals surface area contributed by atoms with Crippen LogP contribution in [0, 0.1) is 13.8 Å². The molecule has 3 aromatic carbocycles. The predicted octanol–water partition coefficient (Wildman–Crippen LogP) is 6.99. The molecule has 0 N–H and O–H groups in total. The quantitative estimate of drug-likeness (QED) is 0.394. The van der Waals surface area contributed by atoms with E-state index >= 15 is 0 Å². The Hall–Kier alpha value is -2.74. The molecule has 2 heteroatoms. The molecule has 0 spiro atoms. The van der Waals surface area contributed by atoms with Crippen LogP contribution >= 0.6 is 0 Å². The lowest BCUT2D eigenvalue weighted by atomic mass is 9.70. The SMILES string of the molecule is CCc1cccc(CC)c1CC(C)(c1ccc(OC)c(C)c1)c1ccc(OC)c(C)c1. The smallest absolute Gasteiger partial charge is 0.121 e. The number of hydrogen-bond acceptors (Lipinski definition) is 2. The number of rotatable bonds is 8. The Morgan fingerprint density at radius 2 is 1.16 bits per heavy atom. The first-order valence-corrected chi connectivity index (χ1v) is 11.3. The number of ether oxygens (including phenoxy) is 2. The molecule has 0 aliphatic heterocycles. The molecule has 3 rings (SSSR count). The summed E-state index contributed by atoms with van der Waals surface area (Å²) >= 11 is 0. The molecule has 2 nitrogen and oxygen atoms in total. The molecule has 0 aromatic heterocycles. The van der Waals surface area contributed by atoms with Crippen molar-refractivity contribution in [1.82, 2.24) is 0 Å². The van der Waals surface area contributed by atoms with Crippen LogP contribution in [-0.4, -0.2) is 14.2 Å². The average Bonchev–Trinajstić information content (AvgIpc) is 2.78. The summed E-state index contributed by atoms with van der Waals surface area (Å²) in [5.41, 5.74) is 9.14. The Labute approximate surface area is 188 Å². The Bertz CT molecular complexity index is 973. The van der Waals surface area contributed by atoms with Crippen LogP contribution in [0.5, 0.6) is 11.5 Å². The van der Waals surface area contributed by atoms with Crippen molar-refractivity contribution in [2.24, 2.45) is 0 Å². The molecule has 0 amide bonds. The average molecular weight is 417 g/mol. The highest BCUT2D eigenvalue weighted by atomic mass is 16.5. The molecule has 0 fully saturated rings. The zero-order valence-electron chi connectivity index (χ0n) is 20.1. The molecule has 0 heterocycles. The summed E-state index contributed by atoms with van der Waals surface area (Å²) in [7, 11) is 3.47.